The van der Waals surface area contributed by atoms with Crippen molar-refractivity contribution in [3.63, 3.8) is 0 Å². The van der Waals surface area contributed by atoms with Gasteiger partial charge in [-0.25, -0.2) is 0 Å². The lowest BCUT2D eigenvalue weighted by Crippen LogP contribution is -2.05. The van der Waals surface area contributed by atoms with Gasteiger partial charge in [0.2, 0.25) is 0 Å². The zero-order valence-electron chi connectivity index (χ0n) is 10.4. The first-order valence-corrected chi connectivity index (χ1v) is 5.64. The Bertz CT molecular complexity index is 332. The molecule has 15 heavy (non-hydrogen) atoms. The highest BCUT2D eigenvalue weighted by atomic mass is 16.5. The van der Waals surface area contributed by atoms with Gasteiger partial charge in [-0.3, -0.25) is 4.98 Å². The Labute approximate surface area is 92.7 Å². The molecule has 1 rings (SSSR count). The van der Waals surface area contributed by atoms with Gasteiger partial charge < -0.3 is 4.74 Å². The first-order valence-electron chi connectivity index (χ1n) is 5.64. The Balaban J connectivity index is 3.08. The largest absolute Gasteiger partial charge is 0.493 e. The van der Waals surface area contributed by atoms with Crippen LogP contribution in [-0.2, 0) is 6.42 Å². The topological polar surface area (TPSA) is 22.1 Å². The number of hydrogen-bond acceptors (Lipinski definition) is 2. The van der Waals surface area contributed by atoms with E-state index in [0.717, 1.165) is 23.6 Å². The third-order valence-corrected chi connectivity index (χ3v) is 2.33. The molecule has 0 atom stereocenters. The summed E-state index contributed by atoms with van der Waals surface area (Å²) in [5.41, 5.74) is 3.40. The highest BCUT2D eigenvalue weighted by Gasteiger charge is 2.10. The summed E-state index contributed by atoms with van der Waals surface area (Å²) in [6.45, 7) is 11.2. The first-order chi connectivity index (χ1) is 7.04. The summed E-state index contributed by atoms with van der Waals surface area (Å²) in [7, 11) is 0. The molecule has 0 radical (unpaired) electrons. The summed E-state index contributed by atoms with van der Waals surface area (Å²) in [4.78, 5) is 4.49. The molecule has 0 saturated heterocycles. The van der Waals surface area contributed by atoms with Gasteiger partial charge in [-0.05, 0) is 33.1 Å². The van der Waals surface area contributed by atoms with Crippen molar-refractivity contribution in [3.05, 3.63) is 23.0 Å². The van der Waals surface area contributed by atoms with Crippen molar-refractivity contribution in [2.75, 3.05) is 6.61 Å². The van der Waals surface area contributed by atoms with Crippen LogP contribution in [0.1, 0.15) is 37.7 Å². The van der Waals surface area contributed by atoms with E-state index in [1.54, 1.807) is 0 Å². The predicted molar refractivity (Wildman–Crippen MR) is 63.4 cm³/mol. The van der Waals surface area contributed by atoms with Crippen LogP contribution in [0, 0.1) is 19.8 Å². The quantitative estimate of drug-likeness (QED) is 0.755. The highest BCUT2D eigenvalue weighted by molar-refractivity contribution is 5.38. The van der Waals surface area contributed by atoms with E-state index < -0.39 is 0 Å². The van der Waals surface area contributed by atoms with Crippen LogP contribution in [-0.4, -0.2) is 11.6 Å². The maximum Gasteiger partial charge on any atom is 0.126 e. The zero-order chi connectivity index (χ0) is 11.4. The predicted octanol–water partition coefficient (Wildman–Crippen LogP) is 3.30. The summed E-state index contributed by atoms with van der Waals surface area (Å²) >= 11 is 0. The molecule has 0 aromatic carbocycles. The molecule has 0 fully saturated rings. The fraction of sp³-hybridized carbons (Fsp3) is 0.615. The number of ether oxygens (including phenoxy) is 1. The number of rotatable bonds is 4. The van der Waals surface area contributed by atoms with Crippen LogP contribution in [0.4, 0.5) is 0 Å². The Morgan fingerprint density at radius 2 is 2.00 bits per heavy atom. The van der Waals surface area contributed by atoms with Crippen molar-refractivity contribution in [2.45, 2.75) is 41.0 Å². The van der Waals surface area contributed by atoms with Gasteiger partial charge in [0.25, 0.3) is 0 Å². The van der Waals surface area contributed by atoms with Crippen LogP contribution in [0.2, 0.25) is 0 Å². The minimum Gasteiger partial charge on any atom is -0.493 e. The molecule has 0 spiro atoms. The summed E-state index contributed by atoms with van der Waals surface area (Å²) in [6.07, 6.45) is 1.04. The number of aryl methyl sites for hydroxylation is 2. The van der Waals surface area contributed by atoms with Crippen molar-refractivity contribution in [2.24, 2.45) is 5.92 Å². The molecule has 2 heteroatoms. The van der Waals surface area contributed by atoms with Crippen molar-refractivity contribution in [3.8, 4) is 5.75 Å². The second-order valence-electron chi connectivity index (χ2n) is 4.36. The van der Waals surface area contributed by atoms with Crippen molar-refractivity contribution < 1.29 is 4.74 Å². The number of pyridine rings is 1. The van der Waals surface area contributed by atoms with Crippen molar-refractivity contribution in [1.29, 1.82) is 0 Å². The number of aromatic nitrogens is 1. The van der Waals surface area contributed by atoms with E-state index in [1.807, 2.05) is 19.9 Å². The van der Waals surface area contributed by atoms with Crippen LogP contribution in [0.3, 0.4) is 0 Å². The van der Waals surface area contributed by atoms with Crippen LogP contribution in [0.15, 0.2) is 6.07 Å². The van der Waals surface area contributed by atoms with Gasteiger partial charge in [0.15, 0.2) is 0 Å². The third-order valence-electron chi connectivity index (χ3n) is 2.33. The summed E-state index contributed by atoms with van der Waals surface area (Å²) in [5.74, 6) is 1.64. The molecule has 0 bridgehead atoms. The van der Waals surface area contributed by atoms with Gasteiger partial charge in [-0.15, -0.1) is 0 Å². The Morgan fingerprint density at radius 3 is 2.53 bits per heavy atom. The Morgan fingerprint density at radius 1 is 1.33 bits per heavy atom. The van der Waals surface area contributed by atoms with E-state index in [1.165, 1.54) is 5.56 Å². The molecular weight excluding hydrogens is 186 g/mol. The minimum absolute atomic E-state index is 0.632. The van der Waals surface area contributed by atoms with E-state index in [4.69, 9.17) is 4.74 Å². The van der Waals surface area contributed by atoms with Crippen molar-refractivity contribution in [1.82, 2.24) is 4.98 Å². The average Bonchev–Trinajstić information content (AvgIpc) is 2.11. The fourth-order valence-electron chi connectivity index (χ4n) is 1.76. The highest BCUT2D eigenvalue weighted by Crippen LogP contribution is 2.25. The molecule has 2 nitrogen and oxygen atoms in total. The first kappa shape index (κ1) is 12.0. The van der Waals surface area contributed by atoms with Crippen LogP contribution < -0.4 is 4.74 Å². The molecule has 84 valence electrons. The molecule has 0 N–H and O–H groups in total. The molecule has 0 amide bonds. The minimum atomic E-state index is 0.632. The van der Waals surface area contributed by atoms with E-state index in [-0.39, 0.29) is 0 Å². The third kappa shape index (κ3) is 3.22. The molecule has 1 aromatic heterocycles. The summed E-state index contributed by atoms with van der Waals surface area (Å²) in [6, 6.07) is 2.04. The number of hydrogen-bond donors (Lipinski definition) is 0. The standard InChI is InChI=1S/C13H21NO/c1-6-15-13-8-10(4)14-11(5)12(13)7-9(2)3/h8-9H,6-7H2,1-5H3. The van der Waals surface area contributed by atoms with E-state index in [9.17, 15) is 0 Å². The molecule has 1 heterocycles. The van der Waals surface area contributed by atoms with E-state index in [0.29, 0.717) is 12.5 Å². The van der Waals surface area contributed by atoms with E-state index >= 15 is 0 Å². The summed E-state index contributed by atoms with van der Waals surface area (Å²) < 4.78 is 5.66. The molecule has 0 aliphatic carbocycles. The fourth-order valence-corrected chi connectivity index (χ4v) is 1.76. The average molecular weight is 207 g/mol. The molecule has 0 aliphatic heterocycles. The maximum absolute atomic E-state index is 5.66. The monoisotopic (exact) mass is 207 g/mol. The second-order valence-corrected chi connectivity index (χ2v) is 4.36. The second kappa shape index (κ2) is 5.15. The van der Waals surface area contributed by atoms with Crippen LogP contribution in [0.25, 0.3) is 0 Å². The lowest BCUT2D eigenvalue weighted by atomic mass is 10.0. The Kier molecular flexibility index (Phi) is 4.13. The van der Waals surface area contributed by atoms with Gasteiger partial charge in [-0.1, -0.05) is 13.8 Å². The Hall–Kier alpha value is -1.05. The summed E-state index contributed by atoms with van der Waals surface area (Å²) in [5, 5.41) is 0. The van der Waals surface area contributed by atoms with Gasteiger partial charge >= 0.3 is 0 Å². The van der Waals surface area contributed by atoms with Gasteiger partial charge in [0, 0.05) is 23.0 Å². The molecule has 0 saturated carbocycles. The van der Waals surface area contributed by atoms with Gasteiger partial charge in [0.1, 0.15) is 5.75 Å². The lowest BCUT2D eigenvalue weighted by Gasteiger charge is -2.15. The van der Waals surface area contributed by atoms with Gasteiger partial charge in [-0.2, -0.15) is 0 Å². The molecular formula is C13H21NO. The lowest BCUT2D eigenvalue weighted by molar-refractivity contribution is 0.333. The molecule has 0 unspecified atom stereocenters. The van der Waals surface area contributed by atoms with Gasteiger partial charge in [0.05, 0.1) is 6.61 Å². The van der Waals surface area contributed by atoms with E-state index in [2.05, 4.69) is 25.8 Å². The SMILES string of the molecule is CCOc1cc(C)nc(C)c1CC(C)C. The number of nitrogens with zero attached hydrogens (tertiary/aromatic N) is 1. The zero-order valence-corrected chi connectivity index (χ0v) is 10.4. The maximum atomic E-state index is 5.66. The van der Waals surface area contributed by atoms with Crippen molar-refractivity contribution >= 4 is 0 Å². The smallest absolute Gasteiger partial charge is 0.126 e. The normalized spacial score (nSPS) is 10.8. The molecule has 0 aliphatic rings. The van der Waals surface area contributed by atoms with Crippen LogP contribution in [0.5, 0.6) is 5.75 Å². The molecule has 1 aromatic rings. The van der Waals surface area contributed by atoms with Crippen LogP contribution >= 0.6 is 0 Å².